The minimum absolute atomic E-state index is 0.0764. The van der Waals surface area contributed by atoms with Gasteiger partial charge < -0.3 is 9.47 Å². The van der Waals surface area contributed by atoms with Crippen molar-refractivity contribution in [2.45, 2.75) is 56.4 Å². The molecule has 1 atom stereocenters. The van der Waals surface area contributed by atoms with Gasteiger partial charge in [-0.1, -0.05) is 24.4 Å². The standard InChI is InChI=1S/C9H15O2.2C2H5.Al/c1-2-3-7-10-9-6-4-5-8-11-9;2*1-2;/h1-2,9H,3-8H2;2*1H2,2H3;. The fourth-order valence-electron chi connectivity index (χ4n) is 1.96. The molecule has 1 fully saturated rings. The van der Waals surface area contributed by atoms with Gasteiger partial charge in [0.05, 0.1) is 6.61 Å². The Kier molecular flexibility index (Phi) is 8.24. The van der Waals surface area contributed by atoms with Gasteiger partial charge >= 0.3 is 0 Å². The van der Waals surface area contributed by atoms with Crippen LogP contribution in [0.3, 0.4) is 0 Å². The van der Waals surface area contributed by atoms with E-state index in [1.165, 1.54) is 23.4 Å². The van der Waals surface area contributed by atoms with Crippen molar-refractivity contribution in [1.82, 2.24) is 0 Å². The van der Waals surface area contributed by atoms with Gasteiger partial charge in [0.1, 0.15) is 0 Å². The third-order valence-corrected chi connectivity index (χ3v) is 6.10. The molecule has 0 bridgehead atoms. The van der Waals surface area contributed by atoms with Gasteiger partial charge in [-0.15, -0.1) is 11.0 Å². The number of ether oxygens (including phenoxy) is 2. The highest BCUT2D eigenvalue weighted by molar-refractivity contribution is 6.64. The molecule has 1 saturated heterocycles. The first-order valence-electron chi connectivity index (χ1n) is 6.76. The van der Waals surface area contributed by atoms with Crippen molar-refractivity contribution in [1.29, 1.82) is 0 Å². The lowest BCUT2D eigenvalue weighted by Gasteiger charge is -2.22. The third-order valence-electron chi connectivity index (χ3n) is 3.18. The Labute approximate surface area is 104 Å². The largest absolute Gasteiger partial charge is 0.353 e. The van der Waals surface area contributed by atoms with E-state index in [2.05, 4.69) is 24.9 Å². The summed E-state index contributed by atoms with van der Waals surface area (Å²) in [5.74, 6) is 0. The van der Waals surface area contributed by atoms with Gasteiger partial charge in [0, 0.05) is 6.61 Å². The smallest absolute Gasteiger partial charge is 0.293 e. The molecule has 1 rings (SSSR count). The van der Waals surface area contributed by atoms with Gasteiger partial charge in [0.25, 0.3) is 14.1 Å². The van der Waals surface area contributed by atoms with Crippen molar-refractivity contribution in [2.75, 3.05) is 13.2 Å². The normalized spacial score (nSPS) is 21.5. The van der Waals surface area contributed by atoms with Gasteiger partial charge in [-0.3, -0.25) is 0 Å². The third kappa shape index (κ3) is 6.06. The Morgan fingerprint density at radius 3 is 2.75 bits per heavy atom. The molecular weight excluding hydrogens is 215 g/mol. The van der Waals surface area contributed by atoms with Gasteiger partial charge in [0.2, 0.25) is 0 Å². The van der Waals surface area contributed by atoms with Crippen LogP contribution in [-0.4, -0.2) is 33.7 Å². The minimum atomic E-state index is -0.536. The van der Waals surface area contributed by atoms with E-state index in [1.807, 2.05) is 0 Å². The van der Waals surface area contributed by atoms with Gasteiger partial charge in [-0.05, 0) is 25.7 Å². The van der Waals surface area contributed by atoms with E-state index < -0.39 is 14.1 Å². The molecule has 16 heavy (non-hydrogen) atoms. The first kappa shape index (κ1) is 14.3. The second-order valence-electron chi connectivity index (χ2n) is 4.46. The van der Waals surface area contributed by atoms with Crippen LogP contribution in [0, 0.1) is 0 Å². The first-order chi connectivity index (χ1) is 7.86. The Hall–Kier alpha value is 0.192. The van der Waals surface area contributed by atoms with Crippen molar-refractivity contribution < 1.29 is 9.47 Å². The Morgan fingerprint density at radius 1 is 1.31 bits per heavy atom. The molecule has 0 amide bonds. The highest BCUT2D eigenvalue weighted by Crippen LogP contribution is 2.13. The number of hydrogen-bond acceptors (Lipinski definition) is 2. The van der Waals surface area contributed by atoms with Gasteiger partial charge in [0.15, 0.2) is 6.29 Å². The molecule has 0 radical (unpaired) electrons. The topological polar surface area (TPSA) is 18.5 Å². The molecular formula is C13H25AlO2. The zero-order chi connectivity index (χ0) is 11.6. The summed E-state index contributed by atoms with van der Waals surface area (Å²) in [7, 11) is 0. The van der Waals surface area contributed by atoms with E-state index in [1.54, 1.807) is 0 Å². The van der Waals surface area contributed by atoms with Crippen LogP contribution in [-0.2, 0) is 9.47 Å². The van der Waals surface area contributed by atoms with Crippen LogP contribution in [0.15, 0.2) is 11.0 Å². The molecule has 0 aromatic heterocycles. The predicted octanol–water partition coefficient (Wildman–Crippen LogP) is 3.55. The summed E-state index contributed by atoms with van der Waals surface area (Å²) in [5, 5.41) is 2.75. The van der Waals surface area contributed by atoms with Crippen LogP contribution in [0.2, 0.25) is 10.6 Å². The lowest BCUT2D eigenvalue weighted by Crippen LogP contribution is -2.22. The van der Waals surface area contributed by atoms with Gasteiger partial charge in [-0.25, -0.2) is 0 Å². The summed E-state index contributed by atoms with van der Waals surface area (Å²) < 4.78 is 11.2. The summed E-state index contributed by atoms with van der Waals surface area (Å²) in [6, 6.07) is 0. The molecule has 0 aromatic carbocycles. The molecule has 2 nitrogen and oxygen atoms in total. The summed E-state index contributed by atoms with van der Waals surface area (Å²) in [6.45, 7) is 6.30. The number of rotatable bonds is 7. The molecule has 92 valence electrons. The van der Waals surface area contributed by atoms with E-state index in [-0.39, 0.29) is 6.29 Å². The Morgan fingerprint density at radius 2 is 2.12 bits per heavy atom. The van der Waals surface area contributed by atoms with Crippen LogP contribution in [0.25, 0.3) is 0 Å². The molecule has 1 aliphatic rings. The second kappa shape index (κ2) is 9.25. The van der Waals surface area contributed by atoms with E-state index in [4.69, 9.17) is 9.47 Å². The molecule has 1 aliphatic heterocycles. The lowest BCUT2D eigenvalue weighted by molar-refractivity contribution is -0.161. The molecule has 0 N–H and O–H groups in total. The van der Waals surface area contributed by atoms with Crippen molar-refractivity contribution in [3.8, 4) is 0 Å². The maximum atomic E-state index is 5.67. The molecule has 0 aromatic rings. The predicted molar refractivity (Wildman–Crippen MR) is 70.0 cm³/mol. The van der Waals surface area contributed by atoms with Crippen molar-refractivity contribution >= 4 is 14.1 Å². The molecule has 0 aliphatic carbocycles. The lowest BCUT2D eigenvalue weighted by atomic mass is 10.2. The number of hydrogen-bond donors (Lipinski definition) is 0. The van der Waals surface area contributed by atoms with Gasteiger partial charge in [-0.2, -0.15) is 0 Å². The SMILES string of the molecule is C[CH2][Al](/[CH]=C\CCOC1CCCCO1)[CH2]C. The molecule has 1 heterocycles. The maximum Gasteiger partial charge on any atom is 0.293 e. The zero-order valence-electron chi connectivity index (χ0n) is 10.8. The van der Waals surface area contributed by atoms with E-state index >= 15 is 0 Å². The summed E-state index contributed by atoms with van der Waals surface area (Å²) in [6.07, 6.45) is 6.95. The van der Waals surface area contributed by atoms with Crippen LogP contribution in [0.5, 0.6) is 0 Å². The Balaban J connectivity index is 2.01. The first-order valence-corrected chi connectivity index (χ1v) is 9.06. The second-order valence-corrected chi connectivity index (χ2v) is 8.00. The quantitative estimate of drug-likeness (QED) is 0.500. The van der Waals surface area contributed by atoms with Crippen molar-refractivity contribution in [2.24, 2.45) is 0 Å². The Bertz CT molecular complexity index is 184. The minimum Gasteiger partial charge on any atom is -0.353 e. The van der Waals surface area contributed by atoms with E-state index in [0.717, 1.165) is 26.1 Å². The van der Waals surface area contributed by atoms with Crippen LogP contribution >= 0.6 is 0 Å². The highest BCUT2D eigenvalue weighted by Gasteiger charge is 2.13. The summed E-state index contributed by atoms with van der Waals surface area (Å²) in [4.78, 5) is 2.46. The fraction of sp³-hybridized carbons (Fsp3) is 0.846. The van der Waals surface area contributed by atoms with Crippen molar-refractivity contribution in [3.05, 3.63) is 11.0 Å². The average molecular weight is 240 g/mol. The molecule has 0 spiro atoms. The molecule has 0 saturated carbocycles. The zero-order valence-corrected chi connectivity index (χ0v) is 11.9. The monoisotopic (exact) mass is 240 g/mol. The average Bonchev–Trinajstić information content (AvgIpc) is 2.35. The van der Waals surface area contributed by atoms with Crippen LogP contribution < -0.4 is 0 Å². The molecule has 1 unspecified atom stereocenters. The maximum absolute atomic E-state index is 5.67. The van der Waals surface area contributed by atoms with E-state index in [9.17, 15) is 0 Å². The van der Waals surface area contributed by atoms with Crippen LogP contribution in [0.1, 0.15) is 39.5 Å². The van der Waals surface area contributed by atoms with Crippen LogP contribution in [0.4, 0.5) is 0 Å². The highest BCUT2D eigenvalue weighted by atomic mass is 27.2. The molecule has 3 heteroatoms. The fourth-order valence-corrected chi connectivity index (χ4v) is 3.66. The summed E-state index contributed by atoms with van der Waals surface area (Å²) in [5.41, 5.74) is 0. The van der Waals surface area contributed by atoms with E-state index in [0.29, 0.717) is 0 Å². The van der Waals surface area contributed by atoms with Crippen molar-refractivity contribution in [3.63, 3.8) is 0 Å². The summed E-state index contributed by atoms with van der Waals surface area (Å²) >= 11 is -0.536.